The van der Waals surface area contributed by atoms with Crippen LogP contribution in [-0.4, -0.2) is 317 Å². The first kappa shape index (κ1) is 57.0. The first-order valence-electron chi connectivity index (χ1n) is 22.7. The number of aliphatic hydroxyl groups excluding tert-OH is 17. The third-order valence-corrected chi connectivity index (χ3v) is 13.2. The highest BCUT2D eigenvalue weighted by molar-refractivity contribution is 5.68. The monoisotopic (exact) mass is 1040 g/mol. The zero-order valence-corrected chi connectivity index (χ0v) is 37.5. The van der Waals surface area contributed by atoms with E-state index in [-0.39, 0.29) is 6.42 Å². The second kappa shape index (κ2) is 24.5. The van der Waals surface area contributed by atoms with Gasteiger partial charge in [0.1, 0.15) is 140 Å². The molecule has 71 heavy (non-hydrogen) atoms. The number of aliphatic hydroxyl groups is 17. The Hall–Kier alpha value is -1.73. The van der Waals surface area contributed by atoms with Crippen molar-refractivity contribution >= 4 is 5.97 Å². The Kier molecular flexibility index (Phi) is 19.7. The molecule has 0 aliphatic carbocycles. The fourth-order valence-electron chi connectivity index (χ4n) is 9.19. The average Bonchev–Trinajstić information content (AvgIpc) is 3.36. The van der Waals surface area contributed by atoms with Crippen LogP contribution in [0.2, 0.25) is 0 Å². The molecule has 22 heterocycles. The first-order valence-corrected chi connectivity index (χ1v) is 22.7. The van der Waals surface area contributed by atoms with Crippen LogP contribution in [0.15, 0.2) is 0 Å². The summed E-state index contributed by atoms with van der Waals surface area (Å²) in [5.41, 5.74) is 0. The molecule has 22 aliphatic heterocycles. The SMILES string of the molecule is CCC(=O)OO[C@@H]1[C@@H](O)[C@H]2O[C@H]3[C@H](O)[C@@H](O)[C@@H](O[C@H]4[C@H](O)[C@@H](O)[C@@H](O[C@H]5[C@H](O)[C@@H](O)[C@@H](O[C@H]6[C@H](O)[C@@H](O)[C@@H](O[C@H]7[C@H](O)[C@@H](O)[C@@H](O[C@H]1[C@@H](CO)O2)O[C@@H]7CO)O[C@@H]6CO)O[C@@H]5CO)O[C@@H]4CO)O[C@@H]3CO. The lowest BCUT2D eigenvalue weighted by atomic mass is 9.94. The molecule has 22 fully saturated rings. The fourth-order valence-corrected chi connectivity index (χ4v) is 9.19. The number of carbonyl (C=O) groups excluding carboxylic acids is 1. The minimum atomic E-state index is -2.21. The van der Waals surface area contributed by atoms with Gasteiger partial charge in [0.05, 0.1) is 39.6 Å². The summed E-state index contributed by atoms with van der Waals surface area (Å²) in [4.78, 5) is 22.3. The second-order valence-electron chi connectivity index (χ2n) is 17.7. The van der Waals surface area contributed by atoms with E-state index in [1.54, 1.807) is 0 Å². The third-order valence-electron chi connectivity index (χ3n) is 13.2. The van der Waals surface area contributed by atoms with Crippen molar-refractivity contribution in [1.82, 2.24) is 0 Å². The lowest BCUT2D eigenvalue weighted by Crippen LogP contribution is -2.69. The molecular weight excluding hydrogens is 980 g/mol. The van der Waals surface area contributed by atoms with Crippen LogP contribution in [0.5, 0.6) is 0 Å². The molecule has 32 heteroatoms. The Morgan fingerprint density at radius 2 is 0.535 bits per heavy atom. The number of hydrogen-bond donors (Lipinski definition) is 17. The minimum Gasteiger partial charge on any atom is -0.394 e. The standard InChI is InChI=1S/C39H64O32/c1-2-15(46)70-71-33-26(57)39-63-14(8-45)32(33)69-38-25(56)20(51)30(12(6-43)62-38)67-36-23(54)18(49)28(10(4-41)60-36)65-34-21(52)16(47)27(9(3-40)58-34)64-35-22(53)17(48)29(11(5-42)59-35)66-37-24(55)19(50)31(68-39)13(7-44)61-37/h9-14,16-45,47-57H,2-8H2,1H3/t9-,10-,11-,12-,13-,14-,16-,17-,18-,19-,20-,21-,22-,23-,24-,25-,26-,27-,28-,29-,30-,31-,32+,33-,34-,35-,36-,37-,38-,39-/m1/s1. The Bertz CT molecular complexity index is 1660. The van der Waals surface area contributed by atoms with Crippen LogP contribution in [0.25, 0.3) is 0 Å². The van der Waals surface area contributed by atoms with E-state index < -0.39 is 230 Å². The molecule has 0 saturated carbocycles. The predicted molar refractivity (Wildman–Crippen MR) is 211 cm³/mol. The van der Waals surface area contributed by atoms with Crippen molar-refractivity contribution < 1.29 is 158 Å². The maximum Gasteiger partial charge on any atom is 0.342 e. The molecule has 12 bridgehead atoms. The van der Waals surface area contributed by atoms with Gasteiger partial charge >= 0.3 is 5.97 Å². The molecule has 32 nitrogen and oxygen atoms in total. The lowest BCUT2D eigenvalue weighted by molar-refractivity contribution is -0.421. The van der Waals surface area contributed by atoms with Crippen LogP contribution in [0, 0.1) is 0 Å². The molecule has 22 rings (SSSR count). The van der Waals surface area contributed by atoms with E-state index in [0.717, 1.165) is 0 Å². The van der Waals surface area contributed by atoms with Gasteiger partial charge in [0, 0.05) is 6.42 Å². The Balaban J connectivity index is 1.22. The van der Waals surface area contributed by atoms with Gasteiger partial charge in [-0.1, -0.05) is 6.92 Å². The van der Waals surface area contributed by atoms with E-state index in [4.69, 9.17) is 66.6 Å². The average molecular weight is 1040 g/mol. The maximum absolute atomic E-state index is 12.3. The third kappa shape index (κ3) is 11.5. The van der Waals surface area contributed by atoms with E-state index in [0.29, 0.717) is 0 Å². The minimum absolute atomic E-state index is 0.275. The highest BCUT2D eigenvalue weighted by Crippen LogP contribution is 2.38. The zero-order chi connectivity index (χ0) is 51.7. The number of rotatable bonds is 9. The molecule has 412 valence electrons. The summed E-state index contributed by atoms with van der Waals surface area (Å²) in [6, 6.07) is 0. The van der Waals surface area contributed by atoms with Crippen LogP contribution >= 0.6 is 0 Å². The molecule has 0 radical (unpaired) electrons. The van der Waals surface area contributed by atoms with Crippen LogP contribution in [-0.2, 0) is 71.4 Å². The van der Waals surface area contributed by atoms with Crippen molar-refractivity contribution in [3.63, 3.8) is 0 Å². The van der Waals surface area contributed by atoms with E-state index in [9.17, 15) is 91.6 Å². The van der Waals surface area contributed by atoms with Crippen LogP contribution < -0.4 is 0 Å². The predicted octanol–water partition coefficient (Wildman–Crippen LogP) is -12.2. The molecule has 0 aromatic carbocycles. The molecule has 0 unspecified atom stereocenters. The molecule has 22 saturated heterocycles. The van der Waals surface area contributed by atoms with Gasteiger partial charge < -0.3 is 144 Å². The second-order valence-corrected chi connectivity index (χ2v) is 17.7. The van der Waals surface area contributed by atoms with Crippen LogP contribution in [0.1, 0.15) is 13.3 Å². The largest absolute Gasteiger partial charge is 0.394 e. The highest BCUT2D eigenvalue weighted by atomic mass is 17.2. The molecule has 22 aliphatic rings. The van der Waals surface area contributed by atoms with Crippen molar-refractivity contribution in [3.8, 4) is 0 Å². The van der Waals surface area contributed by atoms with Gasteiger partial charge in [-0.25, -0.2) is 4.79 Å². The van der Waals surface area contributed by atoms with E-state index in [1.165, 1.54) is 6.92 Å². The van der Waals surface area contributed by atoms with Gasteiger partial charge in [0.2, 0.25) is 0 Å². The molecule has 0 aromatic rings. The first-order chi connectivity index (χ1) is 33.9. The summed E-state index contributed by atoms with van der Waals surface area (Å²) in [6.07, 6.45) is -59.7. The Labute approximate surface area is 401 Å². The molecule has 0 aromatic heterocycles. The smallest absolute Gasteiger partial charge is 0.342 e. The summed E-state index contributed by atoms with van der Waals surface area (Å²) in [7, 11) is 0. The topological polar surface area (TPSA) is 490 Å². The number of hydrogen-bond acceptors (Lipinski definition) is 32. The summed E-state index contributed by atoms with van der Waals surface area (Å²) < 4.78 is 68.7. The van der Waals surface area contributed by atoms with Crippen molar-refractivity contribution in [1.29, 1.82) is 0 Å². The van der Waals surface area contributed by atoms with Gasteiger partial charge in [0.25, 0.3) is 0 Å². The zero-order valence-electron chi connectivity index (χ0n) is 37.5. The maximum atomic E-state index is 12.3. The van der Waals surface area contributed by atoms with E-state index >= 15 is 0 Å². The molecule has 30 atom stereocenters. The van der Waals surface area contributed by atoms with Gasteiger partial charge in [-0.05, 0) is 0 Å². The van der Waals surface area contributed by atoms with Crippen LogP contribution in [0.3, 0.4) is 0 Å². The summed E-state index contributed by atoms with van der Waals surface area (Å²) in [5.74, 6) is -1.00. The summed E-state index contributed by atoms with van der Waals surface area (Å²) in [6.45, 7) is -4.79. The fraction of sp³-hybridized carbons (Fsp3) is 0.974. The lowest BCUT2D eigenvalue weighted by Gasteiger charge is -2.50. The van der Waals surface area contributed by atoms with Gasteiger partial charge in [-0.15, -0.1) is 0 Å². The van der Waals surface area contributed by atoms with Crippen LogP contribution in [0.4, 0.5) is 0 Å². The van der Waals surface area contributed by atoms with Crippen molar-refractivity contribution in [2.24, 2.45) is 0 Å². The quantitative estimate of drug-likeness (QED) is 0.0753. The molecule has 17 N–H and O–H groups in total. The summed E-state index contributed by atoms with van der Waals surface area (Å²) in [5, 5.41) is 187. The van der Waals surface area contributed by atoms with Gasteiger partial charge in [-0.3, -0.25) is 4.89 Å². The molecular formula is C39H64O32. The van der Waals surface area contributed by atoms with Crippen molar-refractivity contribution in [2.45, 2.75) is 198 Å². The van der Waals surface area contributed by atoms with Gasteiger partial charge in [0.15, 0.2) is 43.8 Å². The summed E-state index contributed by atoms with van der Waals surface area (Å²) >= 11 is 0. The molecule has 0 amide bonds. The molecule has 0 spiro atoms. The number of carbonyl (C=O) groups is 1. The van der Waals surface area contributed by atoms with E-state index in [1.807, 2.05) is 0 Å². The highest BCUT2D eigenvalue weighted by Gasteiger charge is 2.59. The van der Waals surface area contributed by atoms with E-state index in [2.05, 4.69) is 0 Å². The normalized spacial score (nSPS) is 52.2. The van der Waals surface area contributed by atoms with Gasteiger partial charge in [-0.2, -0.15) is 4.89 Å². The van der Waals surface area contributed by atoms with Crippen molar-refractivity contribution in [2.75, 3.05) is 39.6 Å². The Morgan fingerprint density at radius 3 is 0.761 bits per heavy atom. The Morgan fingerprint density at radius 1 is 0.324 bits per heavy atom. The van der Waals surface area contributed by atoms with Crippen molar-refractivity contribution in [3.05, 3.63) is 0 Å². The number of ether oxygens (including phenoxy) is 12.